The van der Waals surface area contributed by atoms with Crippen LogP contribution in [0, 0.1) is 11.3 Å². The van der Waals surface area contributed by atoms with Gasteiger partial charge in [-0.3, -0.25) is 0 Å². The largest absolute Gasteiger partial charge is 0.546 e. The van der Waals surface area contributed by atoms with E-state index in [0.717, 1.165) is 6.42 Å². The molecule has 1 nitrogen and oxygen atoms in total. The van der Waals surface area contributed by atoms with Gasteiger partial charge in [0.2, 0.25) is 0 Å². The van der Waals surface area contributed by atoms with Crippen molar-refractivity contribution in [3.63, 3.8) is 0 Å². The minimum absolute atomic E-state index is 0.354. The zero-order valence-corrected chi connectivity index (χ0v) is 16.9. The normalized spacial score (nSPS) is 21.1. The molecule has 0 N–H and O–H groups in total. The Bertz CT molecular complexity index is 338. The molecule has 1 rings (SSSR count). The van der Waals surface area contributed by atoms with E-state index < -0.39 is 8.32 Å². The maximum absolute atomic E-state index is 6.89. The van der Waals surface area contributed by atoms with E-state index in [1.54, 1.807) is 0 Å². The van der Waals surface area contributed by atoms with Crippen LogP contribution in [0.2, 0.25) is 16.6 Å². The molecular formula is C19H38OSi. The lowest BCUT2D eigenvalue weighted by molar-refractivity contribution is 0.238. The van der Waals surface area contributed by atoms with Crippen molar-refractivity contribution in [1.82, 2.24) is 0 Å². The molecule has 0 amide bonds. The molecule has 0 fully saturated rings. The van der Waals surface area contributed by atoms with Crippen molar-refractivity contribution >= 4 is 8.32 Å². The van der Waals surface area contributed by atoms with Gasteiger partial charge in [0.05, 0.1) is 5.76 Å². The fraction of sp³-hybridized carbons (Fsp3) is 0.895. The summed E-state index contributed by atoms with van der Waals surface area (Å²) in [6, 6.07) is 0. The molecule has 0 aromatic heterocycles. The molecule has 0 spiro atoms. The van der Waals surface area contributed by atoms with Gasteiger partial charge in [-0.1, -0.05) is 62.3 Å². The zero-order valence-electron chi connectivity index (χ0n) is 15.9. The van der Waals surface area contributed by atoms with Crippen LogP contribution in [-0.2, 0) is 4.43 Å². The smallest absolute Gasteiger partial charge is 0.258 e. The summed E-state index contributed by atoms with van der Waals surface area (Å²) in [4.78, 5) is 0. The molecule has 124 valence electrons. The van der Waals surface area contributed by atoms with Gasteiger partial charge < -0.3 is 4.43 Å². The van der Waals surface area contributed by atoms with Gasteiger partial charge in [-0.25, -0.2) is 0 Å². The number of hydrogen-bond acceptors (Lipinski definition) is 1. The van der Waals surface area contributed by atoms with Crippen LogP contribution in [0.1, 0.15) is 81.6 Å². The summed E-state index contributed by atoms with van der Waals surface area (Å²) in [5.41, 5.74) is 2.34. The highest BCUT2D eigenvalue weighted by Crippen LogP contribution is 2.45. The zero-order chi connectivity index (χ0) is 16.4. The van der Waals surface area contributed by atoms with Crippen molar-refractivity contribution in [2.75, 3.05) is 0 Å². The van der Waals surface area contributed by atoms with Crippen molar-refractivity contribution in [3.8, 4) is 0 Å². The summed E-state index contributed by atoms with van der Waals surface area (Å²) in [6.45, 7) is 21.3. The first-order valence-electron chi connectivity index (χ1n) is 8.91. The minimum atomic E-state index is -1.77. The van der Waals surface area contributed by atoms with E-state index in [-0.39, 0.29) is 0 Å². The molecule has 0 aromatic rings. The van der Waals surface area contributed by atoms with E-state index in [0.29, 0.717) is 28.0 Å². The third-order valence-electron chi connectivity index (χ3n) is 5.45. The molecular weight excluding hydrogens is 272 g/mol. The van der Waals surface area contributed by atoms with E-state index in [1.807, 2.05) is 0 Å². The summed E-state index contributed by atoms with van der Waals surface area (Å²) in [5.74, 6) is 1.98. The first-order valence-corrected chi connectivity index (χ1v) is 11.1. The Morgan fingerprint density at radius 1 is 1.00 bits per heavy atom. The van der Waals surface area contributed by atoms with Crippen LogP contribution in [0.25, 0.3) is 0 Å². The molecule has 1 aliphatic rings. The molecule has 0 aliphatic heterocycles. The predicted octanol–water partition coefficient (Wildman–Crippen LogP) is 6.91. The minimum Gasteiger partial charge on any atom is -0.546 e. The quantitative estimate of drug-likeness (QED) is 0.501. The molecule has 0 bridgehead atoms. The van der Waals surface area contributed by atoms with Gasteiger partial charge in [0.15, 0.2) is 0 Å². The lowest BCUT2D eigenvalue weighted by atomic mass is 9.75. The predicted molar refractivity (Wildman–Crippen MR) is 97.0 cm³/mol. The third-order valence-corrected chi connectivity index (χ3v) is 11.5. The Morgan fingerprint density at radius 3 is 1.86 bits per heavy atom. The van der Waals surface area contributed by atoms with Gasteiger partial charge in [-0.15, -0.1) is 0 Å². The summed E-state index contributed by atoms with van der Waals surface area (Å²) >= 11 is 0. The van der Waals surface area contributed by atoms with Crippen LogP contribution in [-0.4, -0.2) is 8.32 Å². The molecule has 1 atom stereocenters. The molecule has 2 heteroatoms. The molecule has 1 aliphatic carbocycles. The molecule has 0 saturated heterocycles. The SMILES string of the molecule is CC(C)[Si](OC1=CC(C(C)(C)C)CCC1)(C(C)C)C(C)C. The number of rotatable bonds is 5. The van der Waals surface area contributed by atoms with Gasteiger partial charge in [0, 0.05) is 6.42 Å². The molecule has 0 aromatic carbocycles. The Hall–Kier alpha value is -0.243. The van der Waals surface area contributed by atoms with Crippen molar-refractivity contribution in [2.24, 2.45) is 11.3 Å². The van der Waals surface area contributed by atoms with Gasteiger partial charge in [0.25, 0.3) is 8.32 Å². The van der Waals surface area contributed by atoms with Gasteiger partial charge in [-0.05, 0) is 46.9 Å². The van der Waals surface area contributed by atoms with Crippen LogP contribution in [0.15, 0.2) is 11.8 Å². The lowest BCUT2D eigenvalue weighted by Gasteiger charge is -2.44. The van der Waals surface area contributed by atoms with Crippen molar-refractivity contribution in [3.05, 3.63) is 11.8 Å². The van der Waals surface area contributed by atoms with Crippen molar-refractivity contribution in [1.29, 1.82) is 0 Å². The Kier molecular flexibility index (Phi) is 6.17. The van der Waals surface area contributed by atoms with E-state index >= 15 is 0 Å². The molecule has 0 saturated carbocycles. The molecule has 0 radical (unpaired) electrons. The monoisotopic (exact) mass is 310 g/mol. The number of allylic oxidation sites excluding steroid dienone is 2. The Balaban J connectivity index is 3.06. The standard InChI is InChI=1S/C19H38OSi/c1-14(2)21(15(3)4,16(5)6)20-18-12-10-11-17(13-18)19(7,8)9/h13-17H,10-12H2,1-9H3. The van der Waals surface area contributed by atoms with Crippen LogP contribution in [0.3, 0.4) is 0 Å². The summed E-state index contributed by atoms with van der Waals surface area (Å²) in [7, 11) is -1.77. The van der Waals surface area contributed by atoms with Gasteiger partial charge in [-0.2, -0.15) is 0 Å². The van der Waals surface area contributed by atoms with E-state index in [1.165, 1.54) is 18.6 Å². The van der Waals surface area contributed by atoms with Crippen LogP contribution in [0.5, 0.6) is 0 Å². The topological polar surface area (TPSA) is 9.23 Å². The summed E-state index contributed by atoms with van der Waals surface area (Å²) < 4.78 is 6.89. The maximum Gasteiger partial charge on any atom is 0.258 e. The third kappa shape index (κ3) is 4.15. The molecule has 0 heterocycles. The average Bonchev–Trinajstić information content (AvgIpc) is 2.33. The van der Waals surface area contributed by atoms with Gasteiger partial charge >= 0.3 is 0 Å². The average molecular weight is 311 g/mol. The van der Waals surface area contributed by atoms with Gasteiger partial charge in [0.1, 0.15) is 0 Å². The fourth-order valence-electron chi connectivity index (χ4n) is 4.24. The number of hydrogen-bond donors (Lipinski definition) is 0. The Morgan fingerprint density at radius 2 is 1.48 bits per heavy atom. The van der Waals surface area contributed by atoms with E-state index in [4.69, 9.17) is 4.43 Å². The fourth-order valence-corrected chi connectivity index (χ4v) is 9.57. The molecule has 1 unspecified atom stereocenters. The summed E-state index contributed by atoms with van der Waals surface area (Å²) in [6.07, 6.45) is 6.22. The highest BCUT2D eigenvalue weighted by molar-refractivity contribution is 6.77. The maximum atomic E-state index is 6.89. The second-order valence-corrected chi connectivity index (χ2v) is 14.3. The highest BCUT2D eigenvalue weighted by Gasteiger charge is 2.47. The second-order valence-electron chi connectivity index (χ2n) is 8.92. The molecule has 21 heavy (non-hydrogen) atoms. The van der Waals surface area contributed by atoms with Crippen molar-refractivity contribution < 1.29 is 4.43 Å². The summed E-state index contributed by atoms with van der Waals surface area (Å²) in [5, 5.41) is 0. The van der Waals surface area contributed by atoms with Crippen LogP contribution >= 0.6 is 0 Å². The Labute approximate surface area is 134 Å². The van der Waals surface area contributed by atoms with E-state index in [2.05, 4.69) is 68.4 Å². The van der Waals surface area contributed by atoms with Crippen molar-refractivity contribution in [2.45, 2.75) is 98.2 Å². The highest BCUT2D eigenvalue weighted by atomic mass is 28.4. The van der Waals surface area contributed by atoms with E-state index in [9.17, 15) is 0 Å². The van der Waals surface area contributed by atoms with Crippen LogP contribution < -0.4 is 0 Å². The first kappa shape index (κ1) is 18.8. The second kappa shape index (κ2) is 6.89. The van der Waals surface area contributed by atoms with Crippen LogP contribution in [0.4, 0.5) is 0 Å². The first-order chi connectivity index (χ1) is 9.51. The lowest BCUT2D eigenvalue weighted by Crippen LogP contribution is -2.47.